The number of nitrogen functional groups attached to an aromatic ring is 1. The van der Waals surface area contributed by atoms with Gasteiger partial charge in [0, 0.05) is 17.9 Å². The Morgan fingerprint density at radius 2 is 1.18 bits per heavy atom. The van der Waals surface area contributed by atoms with Crippen LogP contribution in [0.4, 0.5) is 38.9 Å². The number of amides is 3. The van der Waals surface area contributed by atoms with E-state index < -0.39 is 17.2 Å². The molecule has 17 heteroatoms. The number of halogens is 2. The predicted molar refractivity (Wildman–Crippen MR) is 246 cm³/mol. The van der Waals surface area contributed by atoms with Gasteiger partial charge in [-0.2, -0.15) is 10.5 Å². The maximum absolute atomic E-state index is 13.4. The number of nitriles is 2. The number of anilines is 6. The minimum absolute atomic E-state index is 0.153. The van der Waals surface area contributed by atoms with Crippen molar-refractivity contribution in [1.82, 2.24) is 4.90 Å². The number of rotatable bonds is 8. The fourth-order valence-corrected chi connectivity index (χ4v) is 7.95. The second kappa shape index (κ2) is 17.8. The summed E-state index contributed by atoms with van der Waals surface area (Å²) in [5.74, 6) is -0.366. The van der Waals surface area contributed by atoms with Gasteiger partial charge in [0.05, 0.1) is 56.1 Å². The molecule has 6 rings (SSSR count). The molecule has 2 aliphatic heterocycles. The molecule has 3 amide bonds. The fourth-order valence-electron chi connectivity index (χ4n) is 6.62. The van der Waals surface area contributed by atoms with Gasteiger partial charge in [-0.05, 0) is 164 Å². The van der Waals surface area contributed by atoms with Crippen molar-refractivity contribution in [2.75, 3.05) is 57.9 Å². The van der Waals surface area contributed by atoms with Crippen molar-refractivity contribution in [3.8, 4) is 12.1 Å². The standard InChI is InChI=1S/C24H26ClN5O3S.C19H17ClN4OS/c1-15-12-17(7-6-16(15)14-26)29-21(31)24(2,3)30(23(29)34)18-8-9-19(25)20(13-18)27-22(32)33-11-10-28(4)5;1-11-8-13(5-4-12(11)10-21)23-17(25)19(2,3)24(18(23)26)14-6-7-15(20)16(22)9-14/h6-9,12-13H,10-11H2,1-5H3,(H,27,32);4-9H,22H2,1-3H3. The second-order valence-electron chi connectivity index (χ2n) is 15.3. The molecular formula is C43H43Cl2N9O4S2. The maximum Gasteiger partial charge on any atom is 0.411 e. The van der Waals surface area contributed by atoms with E-state index in [0.29, 0.717) is 67.0 Å². The molecule has 0 saturated carbocycles. The summed E-state index contributed by atoms with van der Waals surface area (Å²) in [6, 6.07) is 24.8. The molecule has 310 valence electrons. The number of benzene rings is 4. The van der Waals surface area contributed by atoms with Crippen molar-refractivity contribution in [3.05, 3.63) is 105 Å². The molecule has 2 heterocycles. The maximum atomic E-state index is 13.4. The van der Waals surface area contributed by atoms with Crippen molar-refractivity contribution in [3.63, 3.8) is 0 Å². The minimum Gasteiger partial charge on any atom is -0.448 e. The number of nitrogens with zero attached hydrogens (tertiary/aromatic N) is 7. The van der Waals surface area contributed by atoms with Crippen LogP contribution < -0.4 is 30.7 Å². The Kier molecular flexibility index (Phi) is 13.4. The first-order valence-corrected chi connectivity index (χ1v) is 20.0. The lowest BCUT2D eigenvalue weighted by Crippen LogP contribution is -2.44. The zero-order valence-electron chi connectivity index (χ0n) is 34.3. The quantitative estimate of drug-likeness (QED) is 0.128. The molecule has 0 unspecified atom stereocenters. The summed E-state index contributed by atoms with van der Waals surface area (Å²) in [7, 11) is 3.76. The van der Waals surface area contributed by atoms with Gasteiger partial charge in [-0.15, -0.1) is 0 Å². The molecule has 0 bridgehead atoms. The smallest absolute Gasteiger partial charge is 0.411 e. The summed E-state index contributed by atoms with van der Waals surface area (Å²) in [4.78, 5) is 47.1. The van der Waals surface area contributed by atoms with Crippen LogP contribution in [0.2, 0.25) is 10.0 Å². The third kappa shape index (κ3) is 8.87. The minimum atomic E-state index is -1.00. The van der Waals surface area contributed by atoms with E-state index in [1.807, 2.05) is 46.7 Å². The summed E-state index contributed by atoms with van der Waals surface area (Å²) in [6.07, 6.45) is -0.630. The Morgan fingerprint density at radius 1 is 0.750 bits per heavy atom. The summed E-state index contributed by atoms with van der Waals surface area (Å²) >= 11 is 23.7. The van der Waals surface area contributed by atoms with Crippen LogP contribution in [0, 0.1) is 36.5 Å². The molecule has 0 radical (unpaired) electrons. The molecule has 13 nitrogen and oxygen atoms in total. The van der Waals surface area contributed by atoms with Gasteiger partial charge in [0.25, 0.3) is 11.8 Å². The van der Waals surface area contributed by atoms with Crippen molar-refractivity contribution in [1.29, 1.82) is 10.5 Å². The average Bonchev–Trinajstić information content (AvgIpc) is 3.47. The Morgan fingerprint density at radius 3 is 1.60 bits per heavy atom. The Hall–Kier alpha value is -5.81. The number of likely N-dealkylation sites (N-methyl/N-ethyl adjacent to an activating group) is 1. The van der Waals surface area contributed by atoms with Crippen molar-refractivity contribution >= 4 is 110 Å². The van der Waals surface area contributed by atoms with Crippen LogP contribution in [0.1, 0.15) is 49.9 Å². The molecule has 60 heavy (non-hydrogen) atoms. The SMILES string of the molecule is Cc1cc(N2C(=O)C(C)(C)N(c3ccc(Cl)c(N)c3)C2=S)ccc1C#N.Cc1cc(N2C(=O)C(C)(C)N(c3ccc(Cl)c(NC(=O)OCCN(C)C)c3)C2=S)ccc1C#N. The molecule has 0 spiro atoms. The van der Waals surface area contributed by atoms with Crippen LogP contribution in [-0.4, -0.2) is 71.4 Å². The zero-order valence-corrected chi connectivity index (χ0v) is 37.4. The average molecular weight is 885 g/mol. The number of nitrogens with one attached hydrogen (secondary N) is 1. The number of nitrogens with two attached hydrogens (primary N) is 1. The third-order valence-electron chi connectivity index (χ3n) is 9.97. The Labute approximate surface area is 370 Å². The van der Waals surface area contributed by atoms with Gasteiger partial charge < -0.3 is 25.2 Å². The van der Waals surface area contributed by atoms with Gasteiger partial charge in [-0.1, -0.05) is 23.2 Å². The molecule has 0 atom stereocenters. The molecule has 2 saturated heterocycles. The first-order valence-electron chi connectivity index (χ1n) is 18.5. The number of aryl methyl sites for hydroxylation is 2. The molecule has 0 aromatic heterocycles. The summed E-state index contributed by atoms with van der Waals surface area (Å²) in [5, 5.41) is 22.4. The lowest BCUT2D eigenvalue weighted by molar-refractivity contribution is -0.121. The number of carbonyl (C=O) groups is 3. The van der Waals surface area contributed by atoms with E-state index in [9.17, 15) is 19.6 Å². The molecule has 2 aliphatic rings. The largest absolute Gasteiger partial charge is 0.448 e. The van der Waals surface area contributed by atoms with Crippen molar-refractivity contribution < 1.29 is 19.1 Å². The van der Waals surface area contributed by atoms with Gasteiger partial charge >= 0.3 is 6.09 Å². The van der Waals surface area contributed by atoms with Crippen LogP contribution in [-0.2, 0) is 14.3 Å². The molecule has 2 fully saturated rings. The lowest BCUT2D eigenvalue weighted by atomic mass is 10.0. The van der Waals surface area contributed by atoms with Crippen LogP contribution in [0.15, 0.2) is 72.8 Å². The van der Waals surface area contributed by atoms with Gasteiger partial charge in [0.1, 0.15) is 17.7 Å². The molecule has 3 N–H and O–H groups in total. The Balaban J connectivity index is 0.000000236. The number of hydrogen-bond acceptors (Lipinski definition) is 10. The zero-order chi connectivity index (χ0) is 44.4. The predicted octanol–water partition coefficient (Wildman–Crippen LogP) is 8.57. The van der Waals surface area contributed by atoms with E-state index >= 15 is 0 Å². The highest BCUT2D eigenvalue weighted by molar-refractivity contribution is 7.81. The van der Waals surface area contributed by atoms with Crippen molar-refractivity contribution in [2.24, 2.45) is 0 Å². The topological polar surface area (TPSA) is 162 Å². The highest BCUT2D eigenvalue weighted by atomic mass is 35.5. The third-order valence-corrected chi connectivity index (χ3v) is 11.4. The summed E-state index contributed by atoms with van der Waals surface area (Å²) in [5.41, 5.74) is 9.92. The Bertz CT molecular complexity index is 2510. The van der Waals surface area contributed by atoms with Crippen molar-refractivity contribution in [2.45, 2.75) is 52.6 Å². The highest BCUT2D eigenvalue weighted by Gasteiger charge is 2.51. The van der Waals surface area contributed by atoms with E-state index in [1.54, 1.807) is 96.4 Å². The summed E-state index contributed by atoms with van der Waals surface area (Å²) < 4.78 is 5.19. The highest BCUT2D eigenvalue weighted by Crippen LogP contribution is 2.40. The lowest BCUT2D eigenvalue weighted by Gasteiger charge is -2.30. The number of ether oxygens (including phenoxy) is 1. The monoisotopic (exact) mass is 883 g/mol. The molecule has 0 aliphatic carbocycles. The van der Waals surface area contributed by atoms with E-state index in [4.69, 9.17) is 63.4 Å². The molecule has 4 aromatic carbocycles. The number of hydrogen-bond donors (Lipinski definition) is 2. The van der Waals surface area contributed by atoms with Crippen LogP contribution in [0.25, 0.3) is 0 Å². The second-order valence-corrected chi connectivity index (χ2v) is 16.8. The fraction of sp³-hybridized carbons (Fsp3) is 0.279. The molecule has 4 aromatic rings. The van der Waals surface area contributed by atoms with Gasteiger partial charge in [-0.25, -0.2) is 4.79 Å². The van der Waals surface area contributed by atoms with E-state index in [2.05, 4.69) is 17.5 Å². The molecular weight excluding hydrogens is 842 g/mol. The van der Waals surface area contributed by atoms with Crippen LogP contribution >= 0.6 is 47.6 Å². The van der Waals surface area contributed by atoms with E-state index in [-0.39, 0.29) is 23.5 Å². The van der Waals surface area contributed by atoms with Gasteiger partial charge in [0.2, 0.25) is 0 Å². The normalized spacial score (nSPS) is 15.5. The van der Waals surface area contributed by atoms with E-state index in [0.717, 1.165) is 11.1 Å². The summed E-state index contributed by atoms with van der Waals surface area (Å²) in [6.45, 7) is 11.6. The number of carbonyl (C=O) groups excluding carboxylic acids is 3. The number of thiocarbonyl (C=S) groups is 2. The van der Waals surface area contributed by atoms with Gasteiger partial charge in [-0.3, -0.25) is 24.7 Å². The van der Waals surface area contributed by atoms with E-state index in [1.165, 1.54) is 9.80 Å². The van der Waals surface area contributed by atoms with Crippen LogP contribution in [0.5, 0.6) is 0 Å². The van der Waals surface area contributed by atoms with Crippen LogP contribution in [0.3, 0.4) is 0 Å². The first kappa shape index (κ1) is 45.3. The van der Waals surface area contributed by atoms with Gasteiger partial charge in [0.15, 0.2) is 10.2 Å². The first-order chi connectivity index (χ1) is 28.1.